The zero-order valence-corrected chi connectivity index (χ0v) is 38.3. The quantitative estimate of drug-likeness (QED) is 0.121. The van der Waals surface area contributed by atoms with Crippen LogP contribution < -0.4 is 19.1 Å². The number of aliphatic hydroxyl groups is 2. The number of alkyl halides is 3. The second-order valence-corrected chi connectivity index (χ2v) is 18.6. The molecule has 3 aliphatic rings. The van der Waals surface area contributed by atoms with Crippen LogP contribution in [0.25, 0.3) is 0 Å². The molecule has 7 rings (SSSR count). The molecule has 1 aromatic heterocycles. The summed E-state index contributed by atoms with van der Waals surface area (Å²) in [4.78, 5) is 60.7. The number of Topliss-reactive ketones (excluding diaryl/α,β-unsaturated/α-hetero) is 2. The van der Waals surface area contributed by atoms with Gasteiger partial charge in [-0.05, 0) is 76.6 Å². The molecule has 3 aromatic carbocycles. The summed E-state index contributed by atoms with van der Waals surface area (Å²) >= 11 is 0. The molecule has 1 heterocycles. The Hall–Kier alpha value is -6.92. The number of rotatable bonds is 13. The number of aliphatic hydroxyl groups excluding tert-OH is 1. The number of halogens is 3. The predicted molar refractivity (Wildman–Crippen MR) is 239 cm³/mol. The van der Waals surface area contributed by atoms with Crippen molar-refractivity contribution in [3.05, 3.63) is 137 Å². The summed E-state index contributed by atoms with van der Waals surface area (Å²) in [7, 11) is 0. The molecule has 4 aromatic rings. The summed E-state index contributed by atoms with van der Waals surface area (Å²) in [6, 6.07) is 16.9. The second kappa shape index (κ2) is 18.6. The van der Waals surface area contributed by atoms with Crippen molar-refractivity contribution in [3.8, 4) is 17.4 Å². The maximum atomic E-state index is 15.4. The van der Waals surface area contributed by atoms with Crippen LogP contribution in [0.15, 0.2) is 108 Å². The van der Waals surface area contributed by atoms with Gasteiger partial charge < -0.3 is 38.4 Å². The Labute approximate surface area is 390 Å². The molecule has 0 bridgehead atoms. The third-order valence-corrected chi connectivity index (χ3v) is 11.4. The van der Waals surface area contributed by atoms with Gasteiger partial charge in [-0.3, -0.25) is 14.5 Å². The molecule has 68 heavy (non-hydrogen) atoms. The van der Waals surface area contributed by atoms with E-state index < -0.39 is 105 Å². The highest BCUT2D eigenvalue weighted by atomic mass is 19.4. The molecule has 15 nitrogen and oxygen atoms in total. The van der Waals surface area contributed by atoms with Crippen LogP contribution in [0.3, 0.4) is 0 Å². The van der Waals surface area contributed by atoms with Crippen molar-refractivity contribution >= 4 is 29.4 Å². The highest BCUT2D eigenvalue weighted by Gasteiger charge is 2.64. The summed E-state index contributed by atoms with van der Waals surface area (Å²) in [5, 5.41) is 29.6. The Morgan fingerprint density at radius 3 is 1.93 bits per heavy atom. The molecule has 2 N–H and O–H groups in total. The van der Waals surface area contributed by atoms with E-state index in [9.17, 15) is 37.8 Å². The Morgan fingerprint density at radius 1 is 0.868 bits per heavy atom. The fourth-order valence-corrected chi connectivity index (χ4v) is 8.86. The molecular formula is C50H52F3N3O12. The van der Waals surface area contributed by atoms with Gasteiger partial charge in [0.2, 0.25) is 5.78 Å². The van der Waals surface area contributed by atoms with Crippen molar-refractivity contribution in [1.82, 2.24) is 10.1 Å². The van der Waals surface area contributed by atoms with Gasteiger partial charge in [-0.2, -0.15) is 4.90 Å². The number of amides is 2. The first-order valence-electron chi connectivity index (χ1n) is 21.7. The Morgan fingerprint density at radius 2 is 1.41 bits per heavy atom. The maximum absolute atomic E-state index is 15.4. The highest BCUT2D eigenvalue weighted by Crippen LogP contribution is 2.58. The molecule has 0 spiro atoms. The minimum atomic E-state index is -5.39. The maximum Gasteiger partial charge on any atom is 0.573 e. The van der Waals surface area contributed by atoms with Gasteiger partial charge in [0.1, 0.15) is 47.2 Å². The minimum Gasteiger partial charge on any atom is -0.508 e. The Balaban J connectivity index is 1.47. The van der Waals surface area contributed by atoms with Crippen LogP contribution in [0, 0.1) is 11.8 Å². The number of fused-ring (bicyclic) bond motifs is 4. The van der Waals surface area contributed by atoms with Gasteiger partial charge in [-0.1, -0.05) is 72.8 Å². The number of anilines is 1. The van der Waals surface area contributed by atoms with E-state index in [1.54, 1.807) is 77.7 Å². The standard InChI is InChI=1S/C50H52F3N3O12/c1-9-21-55(22-10-2)38-32-24-30-23-31-34(65-50(51,52)53)25-33(56(45(60)66-47(3,4)5)46(61)67-48(6,7)8)40(63-26-28-17-13-11-14-18-28)36(31)39(57)35(30)42(58)49(32,62)43(59)37-41(38)68-54-44(37)64-27-29-19-15-12-16-20-29/h9-20,25,30,32,38,58,62H,1-2,21-24,26-27H2,3-8H3/t30-,32-,38-,49-/m0/s1. The Kier molecular flexibility index (Phi) is 13.4. The molecule has 0 aliphatic heterocycles. The topological polar surface area (TPSA) is 187 Å². The molecule has 360 valence electrons. The zero-order valence-electron chi connectivity index (χ0n) is 38.3. The van der Waals surface area contributed by atoms with Crippen molar-refractivity contribution in [2.75, 3.05) is 18.0 Å². The lowest BCUT2D eigenvalue weighted by Gasteiger charge is -2.50. The van der Waals surface area contributed by atoms with E-state index in [4.69, 9.17) is 23.5 Å². The largest absolute Gasteiger partial charge is 0.573 e. The van der Waals surface area contributed by atoms with Gasteiger partial charge >= 0.3 is 18.5 Å². The Bertz CT molecular complexity index is 2610. The van der Waals surface area contributed by atoms with Crippen molar-refractivity contribution in [3.63, 3.8) is 0 Å². The first kappa shape index (κ1) is 49.0. The lowest BCUT2D eigenvalue weighted by Crippen LogP contribution is -2.60. The van der Waals surface area contributed by atoms with E-state index in [1.165, 1.54) is 41.5 Å². The minimum absolute atomic E-state index is 0.0260. The van der Waals surface area contributed by atoms with Crippen molar-refractivity contribution in [2.45, 2.75) is 96.8 Å². The number of hydrogen-bond donors (Lipinski definition) is 2. The van der Waals surface area contributed by atoms with Crippen LogP contribution in [-0.4, -0.2) is 80.3 Å². The molecule has 0 saturated heterocycles. The summed E-state index contributed by atoms with van der Waals surface area (Å²) in [5.74, 6) is -7.82. The van der Waals surface area contributed by atoms with E-state index in [0.29, 0.717) is 16.0 Å². The van der Waals surface area contributed by atoms with E-state index in [1.807, 2.05) is 0 Å². The summed E-state index contributed by atoms with van der Waals surface area (Å²) in [6.45, 7) is 16.4. The van der Waals surface area contributed by atoms with Crippen LogP contribution >= 0.6 is 0 Å². The van der Waals surface area contributed by atoms with E-state index in [0.717, 1.165) is 6.07 Å². The number of ketones is 2. The molecule has 2 amide bonds. The number of carbonyl (C=O) groups is 4. The average Bonchev–Trinajstić information content (AvgIpc) is 3.67. The fraction of sp³-hybridized carbons (Fsp3) is 0.380. The van der Waals surface area contributed by atoms with Crippen LogP contribution in [0.2, 0.25) is 0 Å². The summed E-state index contributed by atoms with van der Waals surface area (Å²) < 4.78 is 77.5. The van der Waals surface area contributed by atoms with Gasteiger partial charge in [0.05, 0.1) is 11.6 Å². The van der Waals surface area contributed by atoms with Crippen LogP contribution in [-0.2, 0) is 29.1 Å². The first-order chi connectivity index (χ1) is 32.0. The predicted octanol–water partition coefficient (Wildman–Crippen LogP) is 9.94. The number of carbonyl (C=O) groups excluding carboxylic acids is 4. The van der Waals surface area contributed by atoms with Gasteiger partial charge in [0.15, 0.2) is 22.9 Å². The number of ether oxygens (including phenoxy) is 5. The molecule has 0 saturated carbocycles. The number of benzene rings is 3. The molecule has 3 aliphatic carbocycles. The number of hydrogen-bond acceptors (Lipinski definition) is 14. The number of allylic oxidation sites excluding steroid dienone is 1. The monoisotopic (exact) mass is 943 g/mol. The van der Waals surface area contributed by atoms with Gasteiger partial charge in [-0.15, -0.1) is 26.3 Å². The average molecular weight is 944 g/mol. The molecule has 4 atom stereocenters. The number of aromatic nitrogens is 1. The smallest absolute Gasteiger partial charge is 0.508 e. The normalized spacial score (nSPS) is 20.1. The van der Waals surface area contributed by atoms with Crippen LogP contribution in [0.5, 0.6) is 17.4 Å². The van der Waals surface area contributed by atoms with Crippen molar-refractivity contribution in [1.29, 1.82) is 0 Å². The fourth-order valence-electron chi connectivity index (χ4n) is 8.86. The number of nitrogens with zero attached hydrogens (tertiary/aromatic N) is 3. The first-order valence-corrected chi connectivity index (χ1v) is 21.7. The molecule has 18 heteroatoms. The van der Waals surface area contributed by atoms with Crippen molar-refractivity contribution < 1.29 is 70.8 Å². The third kappa shape index (κ3) is 9.73. The second-order valence-electron chi connectivity index (χ2n) is 18.6. The molecule has 0 unspecified atom stereocenters. The van der Waals surface area contributed by atoms with Crippen LogP contribution in [0.1, 0.15) is 97.2 Å². The highest BCUT2D eigenvalue weighted by molar-refractivity contribution is 6.19. The lowest BCUT2D eigenvalue weighted by molar-refractivity contribution is -0.275. The SMILES string of the molecule is C=CCN(CC=C)[C@@H]1c2onc(OCc3ccccc3)c2C(=O)[C@@]2(O)C(O)=C3C(=O)c4c(c(OC(F)(F)F)cc(N(C(=O)OC(C)(C)C)C(=O)OC(C)(C)C)c4OCc4ccccc4)C[C@H]3C[C@@H]12. The molecule has 0 fully saturated rings. The van der Waals surface area contributed by atoms with E-state index >= 15 is 4.79 Å². The molecular weight excluding hydrogens is 892 g/mol. The van der Waals surface area contributed by atoms with Gasteiger partial charge in [-0.25, -0.2) is 9.59 Å². The lowest BCUT2D eigenvalue weighted by atomic mass is 9.58. The van der Waals surface area contributed by atoms with Gasteiger partial charge in [0.25, 0.3) is 5.88 Å². The zero-order chi connectivity index (χ0) is 49.5. The number of imide groups is 1. The van der Waals surface area contributed by atoms with Gasteiger partial charge in [0, 0.05) is 36.2 Å². The summed E-state index contributed by atoms with van der Waals surface area (Å²) in [6.07, 6.45) is -5.88. The molecule has 0 radical (unpaired) electrons. The van der Waals surface area contributed by atoms with E-state index in [-0.39, 0.29) is 55.5 Å². The summed E-state index contributed by atoms with van der Waals surface area (Å²) in [5.41, 5.74) is -6.85. The van der Waals surface area contributed by atoms with E-state index in [2.05, 4.69) is 23.1 Å². The third-order valence-electron chi connectivity index (χ3n) is 11.4. The van der Waals surface area contributed by atoms with Crippen molar-refractivity contribution in [2.24, 2.45) is 11.8 Å². The van der Waals surface area contributed by atoms with Crippen LogP contribution in [0.4, 0.5) is 28.4 Å².